The molecule has 3 rings (SSSR count). The molecule has 0 radical (unpaired) electrons. The minimum Gasteiger partial charge on any atom is -0.396 e. The maximum atomic E-state index is 14.2. The highest BCUT2D eigenvalue weighted by molar-refractivity contribution is 5.95. The van der Waals surface area contributed by atoms with Crippen LogP contribution in [0.25, 0.3) is 0 Å². The molecule has 2 N–H and O–H groups in total. The van der Waals surface area contributed by atoms with Crippen molar-refractivity contribution in [3.05, 3.63) is 59.5 Å². The number of carbonyl (C=O) groups excluding carboxylic acids is 1. The van der Waals surface area contributed by atoms with Crippen LogP contribution < -0.4 is 10.2 Å². The molecule has 0 aliphatic carbocycles. The number of anilines is 1. The minimum absolute atomic E-state index is 0.0225. The monoisotopic (exact) mass is 385 g/mol. The van der Waals surface area contributed by atoms with Crippen LogP contribution in [0.2, 0.25) is 0 Å². The summed E-state index contributed by atoms with van der Waals surface area (Å²) in [7, 11) is 0. The van der Waals surface area contributed by atoms with Gasteiger partial charge in [0.2, 0.25) is 0 Å². The number of pyridine rings is 1. The Bertz CT molecular complexity index is 827. The average Bonchev–Trinajstić information content (AvgIpc) is 2.69. The second-order valence-electron chi connectivity index (χ2n) is 7.98. The Morgan fingerprint density at radius 1 is 1.36 bits per heavy atom. The van der Waals surface area contributed by atoms with Gasteiger partial charge in [-0.25, -0.2) is 9.37 Å². The summed E-state index contributed by atoms with van der Waals surface area (Å²) in [5, 5.41) is 13.1. The molecule has 0 bridgehead atoms. The molecular weight excluding hydrogens is 357 g/mol. The molecule has 1 aromatic carbocycles. The van der Waals surface area contributed by atoms with Gasteiger partial charge in [-0.3, -0.25) is 4.79 Å². The normalized spacial score (nSPS) is 19.7. The number of halogens is 1. The van der Waals surface area contributed by atoms with Crippen molar-refractivity contribution in [1.82, 2.24) is 10.3 Å². The van der Waals surface area contributed by atoms with Gasteiger partial charge in [0.05, 0.1) is 6.61 Å². The number of aromatic nitrogens is 1. The van der Waals surface area contributed by atoms with E-state index in [2.05, 4.69) is 15.2 Å². The van der Waals surface area contributed by atoms with E-state index in [1.54, 1.807) is 30.5 Å². The Morgan fingerprint density at radius 3 is 2.86 bits per heavy atom. The fraction of sp³-hybridized carbons (Fsp3) is 0.455. The van der Waals surface area contributed by atoms with E-state index >= 15 is 0 Å². The third-order valence-corrected chi connectivity index (χ3v) is 5.27. The van der Waals surface area contributed by atoms with E-state index in [1.807, 2.05) is 19.9 Å². The molecule has 1 amide bonds. The summed E-state index contributed by atoms with van der Waals surface area (Å²) in [6.07, 6.45) is 3.80. The summed E-state index contributed by atoms with van der Waals surface area (Å²) in [5.41, 5.74) is 0.752. The fourth-order valence-corrected chi connectivity index (χ4v) is 3.86. The molecule has 0 saturated carbocycles. The van der Waals surface area contributed by atoms with Crippen molar-refractivity contribution >= 4 is 11.7 Å². The number of aliphatic hydroxyl groups excluding tert-OH is 1. The van der Waals surface area contributed by atoms with Gasteiger partial charge >= 0.3 is 0 Å². The van der Waals surface area contributed by atoms with Crippen molar-refractivity contribution in [2.45, 2.75) is 39.2 Å². The Kier molecular flexibility index (Phi) is 6.29. The first-order valence-corrected chi connectivity index (χ1v) is 9.79. The Hall–Kier alpha value is -2.47. The van der Waals surface area contributed by atoms with Crippen LogP contribution in [0.4, 0.5) is 10.2 Å². The molecule has 6 heteroatoms. The molecule has 2 aromatic rings. The van der Waals surface area contributed by atoms with E-state index in [9.17, 15) is 14.3 Å². The quantitative estimate of drug-likeness (QED) is 0.802. The van der Waals surface area contributed by atoms with Crippen LogP contribution in [0.5, 0.6) is 0 Å². The van der Waals surface area contributed by atoms with Gasteiger partial charge in [-0.05, 0) is 56.9 Å². The van der Waals surface area contributed by atoms with E-state index in [1.165, 1.54) is 6.07 Å². The van der Waals surface area contributed by atoms with Crippen molar-refractivity contribution in [3.63, 3.8) is 0 Å². The molecule has 1 aliphatic heterocycles. The molecule has 1 saturated heterocycles. The van der Waals surface area contributed by atoms with Gasteiger partial charge in [0.25, 0.3) is 5.91 Å². The van der Waals surface area contributed by atoms with Crippen LogP contribution in [0.1, 0.15) is 42.6 Å². The number of benzene rings is 1. The first-order valence-electron chi connectivity index (χ1n) is 9.79. The van der Waals surface area contributed by atoms with Crippen molar-refractivity contribution in [2.24, 2.45) is 5.41 Å². The molecule has 1 aromatic heterocycles. The predicted molar refractivity (Wildman–Crippen MR) is 108 cm³/mol. The standard InChI is InChI=1S/C22H28FN3O2/c1-16(2)25-21(28)17-8-10-24-20(12-17)26-11-5-9-22(14-26,15-27)13-18-6-3-4-7-19(18)23/h3-4,6-8,10,12,16,27H,5,9,11,13-15H2,1-2H3,(H,25,28)/t22-/m0/s1. The zero-order chi connectivity index (χ0) is 20.1. The Labute approximate surface area is 165 Å². The van der Waals surface area contributed by atoms with E-state index in [-0.39, 0.29) is 24.4 Å². The Morgan fingerprint density at radius 2 is 2.14 bits per heavy atom. The van der Waals surface area contributed by atoms with Crippen LogP contribution in [0, 0.1) is 11.2 Å². The van der Waals surface area contributed by atoms with Crippen LogP contribution >= 0.6 is 0 Å². The van der Waals surface area contributed by atoms with Crippen molar-refractivity contribution in [1.29, 1.82) is 0 Å². The largest absolute Gasteiger partial charge is 0.396 e. The molecule has 0 unspecified atom stereocenters. The van der Waals surface area contributed by atoms with Gasteiger partial charge in [0.15, 0.2) is 0 Å². The maximum absolute atomic E-state index is 14.2. The summed E-state index contributed by atoms with van der Waals surface area (Å²) in [6.45, 7) is 5.18. The summed E-state index contributed by atoms with van der Waals surface area (Å²) in [4.78, 5) is 18.8. The second kappa shape index (κ2) is 8.69. The number of aliphatic hydroxyl groups is 1. The highest BCUT2D eigenvalue weighted by Crippen LogP contribution is 2.35. The smallest absolute Gasteiger partial charge is 0.251 e. The summed E-state index contributed by atoms with van der Waals surface area (Å²) in [5.74, 6) is 0.343. The molecule has 2 heterocycles. The zero-order valence-electron chi connectivity index (χ0n) is 16.5. The lowest BCUT2D eigenvalue weighted by Gasteiger charge is -2.42. The Balaban J connectivity index is 1.80. The first kappa shape index (κ1) is 20.3. The lowest BCUT2D eigenvalue weighted by molar-refractivity contribution is 0.0942. The minimum atomic E-state index is -0.432. The summed E-state index contributed by atoms with van der Waals surface area (Å²) < 4.78 is 14.2. The fourth-order valence-electron chi connectivity index (χ4n) is 3.86. The third-order valence-electron chi connectivity index (χ3n) is 5.27. The van der Waals surface area contributed by atoms with Crippen molar-refractivity contribution in [2.75, 3.05) is 24.6 Å². The number of piperidine rings is 1. The van der Waals surface area contributed by atoms with Gasteiger partial charge in [0, 0.05) is 36.3 Å². The van der Waals surface area contributed by atoms with Gasteiger partial charge in [0.1, 0.15) is 11.6 Å². The van der Waals surface area contributed by atoms with E-state index in [0.29, 0.717) is 29.9 Å². The molecule has 0 spiro atoms. The van der Waals surface area contributed by atoms with E-state index in [4.69, 9.17) is 0 Å². The van der Waals surface area contributed by atoms with Gasteiger partial charge < -0.3 is 15.3 Å². The lowest BCUT2D eigenvalue weighted by Crippen LogP contribution is -2.47. The number of hydrogen-bond acceptors (Lipinski definition) is 4. The predicted octanol–water partition coefficient (Wildman–Crippen LogP) is 3.18. The third kappa shape index (κ3) is 4.68. The number of nitrogens with zero attached hydrogens (tertiary/aromatic N) is 2. The summed E-state index contributed by atoms with van der Waals surface area (Å²) in [6, 6.07) is 10.3. The van der Waals surface area contributed by atoms with Crippen LogP contribution in [-0.2, 0) is 6.42 Å². The summed E-state index contributed by atoms with van der Waals surface area (Å²) >= 11 is 0. The van der Waals surface area contributed by atoms with Gasteiger partial charge in [-0.2, -0.15) is 0 Å². The molecular formula is C22H28FN3O2. The second-order valence-corrected chi connectivity index (χ2v) is 7.98. The van der Waals surface area contributed by atoms with E-state index < -0.39 is 5.41 Å². The highest BCUT2D eigenvalue weighted by atomic mass is 19.1. The van der Waals surface area contributed by atoms with Gasteiger partial charge in [-0.1, -0.05) is 18.2 Å². The SMILES string of the molecule is CC(C)NC(=O)c1ccnc(N2CCC[C@](CO)(Cc3ccccc3F)C2)c1. The topological polar surface area (TPSA) is 65.5 Å². The molecule has 1 atom stereocenters. The molecule has 28 heavy (non-hydrogen) atoms. The number of amides is 1. The lowest BCUT2D eigenvalue weighted by atomic mass is 9.75. The van der Waals surface area contributed by atoms with Crippen LogP contribution in [0.3, 0.4) is 0 Å². The molecule has 150 valence electrons. The van der Waals surface area contributed by atoms with Gasteiger partial charge in [-0.15, -0.1) is 0 Å². The van der Waals surface area contributed by atoms with Crippen LogP contribution in [0.15, 0.2) is 42.6 Å². The number of rotatable bonds is 6. The maximum Gasteiger partial charge on any atom is 0.251 e. The molecule has 1 aliphatic rings. The number of carbonyl (C=O) groups is 1. The average molecular weight is 385 g/mol. The van der Waals surface area contributed by atoms with Crippen molar-refractivity contribution in [3.8, 4) is 0 Å². The van der Waals surface area contributed by atoms with Crippen LogP contribution in [-0.4, -0.2) is 41.7 Å². The number of hydrogen-bond donors (Lipinski definition) is 2. The van der Waals surface area contributed by atoms with Crippen molar-refractivity contribution < 1.29 is 14.3 Å². The zero-order valence-corrected chi connectivity index (χ0v) is 16.5. The molecule has 5 nitrogen and oxygen atoms in total. The molecule has 1 fully saturated rings. The highest BCUT2D eigenvalue weighted by Gasteiger charge is 2.36. The van der Waals surface area contributed by atoms with E-state index in [0.717, 1.165) is 19.4 Å². The first-order chi connectivity index (χ1) is 13.4. The number of nitrogens with one attached hydrogen (secondary N) is 1.